The number of hydrogen-bond acceptors (Lipinski definition) is 4. The number of benzene rings is 1. The van der Waals surface area contributed by atoms with Crippen molar-refractivity contribution in [2.75, 3.05) is 13.7 Å². The van der Waals surface area contributed by atoms with E-state index in [1.54, 1.807) is 0 Å². The molecule has 1 unspecified atom stereocenters. The molecule has 6 nitrogen and oxygen atoms in total. The molecule has 1 rings (SSSR count). The molecule has 0 fully saturated rings. The summed E-state index contributed by atoms with van der Waals surface area (Å²) >= 11 is 0. The first-order valence-corrected chi connectivity index (χ1v) is 4.67. The molecule has 1 aromatic carbocycles. The number of aromatic hydroxyl groups is 1. The van der Waals surface area contributed by atoms with E-state index in [1.165, 1.54) is 13.2 Å². The van der Waals surface area contributed by atoms with Gasteiger partial charge >= 0.3 is 11.9 Å². The van der Waals surface area contributed by atoms with Gasteiger partial charge in [-0.2, -0.15) is 0 Å². The summed E-state index contributed by atoms with van der Waals surface area (Å²) in [5.74, 6) is -4.25. The molecule has 0 aromatic heterocycles. The van der Waals surface area contributed by atoms with Crippen LogP contribution in [0.2, 0.25) is 0 Å². The highest BCUT2D eigenvalue weighted by Gasteiger charge is 2.25. The molecule has 0 aliphatic carbocycles. The monoisotopic (exact) mass is 239 g/mol. The molecule has 17 heavy (non-hydrogen) atoms. The van der Waals surface area contributed by atoms with Crippen molar-refractivity contribution in [2.24, 2.45) is 0 Å². The van der Waals surface area contributed by atoms with Crippen molar-refractivity contribution < 1.29 is 29.6 Å². The van der Waals surface area contributed by atoms with Crippen LogP contribution in [0, 0.1) is 6.07 Å². The molecule has 0 aliphatic heterocycles. The zero-order valence-corrected chi connectivity index (χ0v) is 9.01. The average molecular weight is 239 g/mol. The molecular weight excluding hydrogens is 228 g/mol. The van der Waals surface area contributed by atoms with E-state index in [4.69, 9.17) is 14.9 Å². The fourth-order valence-corrected chi connectivity index (χ4v) is 1.40. The van der Waals surface area contributed by atoms with Crippen LogP contribution in [0.25, 0.3) is 0 Å². The minimum Gasteiger partial charge on any atom is -0.507 e. The van der Waals surface area contributed by atoms with Gasteiger partial charge in [-0.15, -0.1) is 0 Å². The Balaban J connectivity index is 3.24. The van der Waals surface area contributed by atoms with Gasteiger partial charge in [-0.05, 0) is 18.2 Å². The summed E-state index contributed by atoms with van der Waals surface area (Å²) in [6.07, 6.45) is 0. The minimum absolute atomic E-state index is 0.0285. The lowest BCUT2D eigenvalue weighted by Gasteiger charge is -2.14. The number of carboxylic acid groups (broad SMARTS) is 2. The molecule has 6 heteroatoms. The lowest BCUT2D eigenvalue weighted by molar-refractivity contribution is -0.140. The fourth-order valence-electron chi connectivity index (χ4n) is 1.40. The highest BCUT2D eigenvalue weighted by atomic mass is 16.5. The van der Waals surface area contributed by atoms with Gasteiger partial charge in [0, 0.05) is 12.7 Å². The van der Waals surface area contributed by atoms with Gasteiger partial charge in [-0.25, -0.2) is 4.79 Å². The van der Waals surface area contributed by atoms with Gasteiger partial charge in [0.05, 0.1) is 6.61 Å². The van der Waals surface area contributed by atoms with Gasteiger partial charge in [0.2, 0.25) is 0 Å². The molecule has 0 saturated heterocycles. The normalized spacial score (nSPS) is 12.1. The van der Waals surface area contributed by atoms with E-state index in [0.29, 0.717) is 0 Å². The molecule has 0 amide bonds. The lowest BCUT2D eigenvalue weighted by Crippen LogP contribution is -2.17. The Morgan fingerprint density at radius 1 is 1.41 bits per heavy atom. The highest BCUT2D eigenvalue weighted by molar-refractivity contribution is 5.92. The van der Waals surface area contributed by atoms with Crippen LogP contribution in [0.3, 0.4) is 0 Å². The average Bonchev–Trinajstić information content (AvgIpc) is 2.26. The Labute approximate surface area is 97.1 Å². The Morgan fingerprint density at radius 2 is 2.06 bits per heavy atom. The topological polar surface area (TPSA) is 104 Å². The van der Waals surface area contributed by atoms with Crippen LogP contribution < -0.4 is 0 Å². The summed E-state index contributed by atoms with van der Waals surface area (Å²) in [4.78, 5) is 21.7. The molecule has 1 aromatic rings. The summed E-state index contributed by atoms with van der Waals surface area (Å²) in [5.41, 5.74) is -0.413. The zero-order valence-electron chi connectivity index (χ0n) is 9.01. The maximum absolute atomic E-state index is 11.0. The third-order valence-electron chi connectivity index (χ3n) is 2.23. The fraction of sp³-hybridized carbons (Fsp3) is 0.273. The maximum atomic E-state index is 11.0. The number of hydrogen-bond donors (Lipinski definition) is 3. The summed E-state index contributed by atoms with van der Waals surface area (Å²) in [6.45, 7) is -0.167. The molecule has 1 atom stereocenters. The minimum atomic E-state index is -1.35. The molecule has 0 spiro atoms. The summed E-state index contributed by atoms with van der Waals surface area (Å²) in [5, 5.41) is 27.4. The van der Waals surface area contributed by atoms with E-state index < -0.39 is 23.6 Å². The lowest BCUT2D eigenvalue weighted by atomic mass is 9.96. The SMILES string of the molecule is COCC(C(=O)O)c1c[c]cc(C(=O)O)c1O. The Bertz CT molecular complexity index is 440. The van der Waals surface area contributed by atoms with Gasteiger partial charge in [-0.3, -0.25) is 4.79 Å². The van der Waals surface area contributed by atoms with Crippen molar-refractivity contribution in [1.82, 2.24) is 0 Å². The Kier molecular flexibility index (Phi) is 4.06. The molecule has 3 N–H and O–H groups in total. The zero-order chi connectivity index (χ0) is 13.0. The molecular formula is C11H11O6. The second-order valence-corrected chi connectivity index (χ2v) is 3.32. The van der Waals surface area contributed by atoms with Gasteiger partial charge in [0.15, 0.2) is 0 Å². The molecule has 1 radical (unpaired) electrons. The largest absolute Gasteiger partial charge is 0.507 e. The van der Waals surface area contributed by atoms with Crippen molar-refractivity contribution in [3.05, 3.63) is 29.3 Å². The van der Waals surface area contributed by atoms with Crippen molar-refractivity contribution in [2.45, 2.75) is 5.92 Å². The van der Waals surface area contributed by atoms with Crippen LogP contribution in [0.5, 0.6) is 5.75 Å². The third-order valence-corrected chi connectivity index (χ3v) is 2.23. The van der Waals surface area contributed by atoms with Crippen LogP contribution in [0.4, 0.5) is 0 Å². The smallest absolute Gasteiger partial charge is 0.339 e. The maximum Gasteiger partial charge on any atom is 0.339 e. The van der Waals surface area contributed by atoms with Crippen LogP contribution in [-0.4, -0.2) is 41.0 Å². The number of ether oxygens (including phenoxy) is 1. The van der Waals surface area contributed by atoms with Crippen molar-refractivity contribution >= 4 is 11.9 Å². The summed E-state index contributed by atoms with van der Waals surface area (Å²) in [6, 6.07) is 4.80. The first kappa shape index (κ1) is 13.0. The standard InChI is InChI=1S/C11H11O6/c1-17-5-8(11(15)16)6-3-2-4-7(9(6)12)10(13)14/h3-4,8,12H,5H2,1H3,(H,13,14)(H,15,16). The van der Waals surface area contributed by atoms with E-state index in [-0.39, 0.29) is 17.7 Å². The number of methoxy groups -OCH3 is 1. The predicted molar refractivity (Wildman–Crippen MR) is 56.2 cm³/mol. The third kappa shape index (κ3) is 2.73. The Morgan fingerprint density at radius 3 is 2.53 bits per heavy atom. The van der Waals surface area contributed by atoms with E-state index in [0.717, 1.165) is 6.07 Å². The van der Waals surface area contributed by atoms with Crippen LogP contribution in [-0.2, 0) is 9.53 Å². The van der Waals surface area contributed by atoms with Gasteiger partial charge in [0.25, 0.3) is 0 Å². The molecule has 0 saturated carbocycles. The van der Waals surface area contributed by atoms with Gasteiger partial charge in [-0.1, -0.05) is 0 Å². The van der Waals surface area contributed by atoms with Crippen LogP contribution in [0.1, 0.15) is 21.8 Å². The van der Waals surface area contributed by atoms with Crippen LogP contribution >= 0.6 is 0 Å². The number of carboxylic acids is 2. The van der Waals surface area contributed by atoms with Gasteiger partial charge in [0.1, 0.15) is 17.2 Å². The van der Waals surface area contributed by atoms with E-state index in [2.05, 4.69) is 6.07 Å². The van der Waals surface area contributed by atoms with Crippen molar-refractivity contribution in [3.63, 3.8) is 0 Å². The molecule has 0 heterocycles. The molecule has 0 aliphatic rings. The van der Waals surface area contributed by atoms with Crippen molar-refractivity contribution in [3.8, 4) is 5.75 Å². The predicted octanol–water partition coefficient (Wildman–Crippen LogP) is 0.705. The van der Waals surface area contributed by atoms with E-state index >= 15 is 0 Å². The number of phenols is 1. The quantitative estimate of drug-likeness (QED) is 0.698. The number of rotatable bonds is 5. The second kappa shape index (κ2) is 5.31. The molecule has 91 valence electrons. The number of aliphatic carboxylic acids is 1. The van der Waals surface area contributed by atoms with E-state index in [9.17, 15) is 14.7 Å². The second-order valence-electron chi connectivity index (χ2n) is 3.32. The Hall–Kier alpha value is -2.08. The summed E-state index contributed by atoms with van der Waals surface area (Å²) < 4.78 is 4.72. The number of aromatic carboxylic acids is 1. The van der Waals surface area contributed by atoms with E-state index in [1.807, 2.05) is 0 Å². The first-order valence-electron chi connectivity index (χ1n) is 4.67. The van der Waals surface area contributed by atoms with Crippen molar-refractivity contribution in [1.29, 1.82) is 0 Å². The summed E-state index contributed by atoms with van der Waals surface area (Å²) in [7, 11) is 1.32. The molecule has 0 bridgehead atoms. The highest BCUT2D eigenvalue weighted by Crippen LogP contribution is 2.29. The first-order chi connectivity index (χ1) is 7.99. The number of carbonyl (C=O) groups is 2. The van der Waals surface area contributed by atoms with Crippen LogP contribution in [0.15, 0.2) is 12.1 Å². The van der Waals surface area contributed by atoms with Gasteiger partial charge < -0.3 is 20.1 Å².